The van der Waals surface area contributed by atoms with Crippen molar-refractivity contribution in [2.45, 2.75) is 6.04 Å². The molecule has 3 rings (SSSR count). The lowest BCUT2D eigenvalue weighted by Crippen LogP contribution is -2.43. The Morgan fingerprint density at radius 3 is 2.94 bits per heavy atom. The summed E-state index contributed by atoms with van der Waals surface area (Å²) in [6.07, 6.45) is 1.97. The standard InChI is InChI=1S/C11H13N5/c12-9-3-1-2-8(4-9)11-7-16(15-14-11)10-5-13-6-10/h1-4,7,10,13H,5-6,12H2. The molecule has 1 fully saturated rings. The summed E-state index contributed by atoms with van der Waals surface area (Å²) in [6, 6.07) is 8.14. The Morgan fingerprint density at radius 1 is 1.38 bits per heavy atom. The van der Waals surface area contributed by atoms with Gasteiger partial charge in [-0.15, -0.1) is 5.10 Å². The summed E-state index contributed by atoms with van der Waals surface area (Å²) in [5, 5.41) is 11.5. The van der Waals surface area contributed by atoms with Gasteiger partial charge >= 0.3 is 0 Å². The first kappa shape index (κ1) is 9.35. The quantitative estimate of drug-likeness (QED) is 0.722. The third-order valence-electron chi connectivity index (χ3n) is 2.83. The van der Waals surface area contributed by atoms with Gasteiger partial charge in [-0.2, -0.15) is 0 Å². The molecule has 1 aliphatic rings. The second-order valence-electron chi connectivity index (χ2n) is 4.02. The molecule has 2 heterocycles. The maximum absolute atomic E-state index is 5.73. The molecular formula is C11H13N5. The lowest BCUT2D eigenvalue weighted by Gasteiger charge is -2.26. The van der Waals surface area contributed by atoms with Crippen LogP contribution < -0.4 is 11.1 Å². The third-order valence-corrected chi connectivity index (χ3v) is 2.83. The van der Waals surface area contributed by atoms with E-state index in [1.54, 1.807) is 0 Å². The molecule has 1 saturated heterocycles. The molecule has 5 nitrogen and oxygen atoms in total. The van der Waals surface area contributed by atoms with Crippen molar-refractivity contribution in [3.05, 3.63) is 30.5 Å². The van der Waals surface area contributed by atoms with Crippen molar-refractivity contribution >= 4 is 5.69 Å². The van der Waals surface area contributed by atoms with Gasteiger partial charge in [-0.3, -0.25) is 0 Å². The van der Waals surface area contributed by atoms with E-state index >= 15 is 0 Å². The average molecular weight is 215 g/mol. The Bertz CT molecular complexity index is 501. The highest BCUT2D eigenvalue weighted by Gasteiger charge is 2.20. The van der Waals surface area contributed by atoms with Crippen LogP contribution in [0.15, 0.2) is 30.5 Å². The molecule has 0 bridgehead atoms. The number of anilines is 1. The molecule has 16 heavy (non-hydrogen) atoms. The predicted octanol–water partition coefficient (Wildman–Crippen LogP) is 0.672. The highest BCUT2D eigenvalue weighted by Crippen LogP contribution is 2.20. The zero-order chi connectivity index (χ0) is 11.0. The highest BCUT2D eigenvalue weighted by atomic mass is 15.4. The topological polar surface area (TPSA) is 68.8 Å². The first-order valence-corrected chi connectivity index (χ1v) is 5.31. The van der Waals surface area contributed by atoms with Gasteiger partial charge in [0.1, 0.15) is 5.69 Å². The van der Waals surface area contributed by atoms with Crippen molar-refractivity contribution in [3.63, 3.8) is 0 Å². The Balaban J connectivity index is 1.91. The number of hydrogen-bond donors (Lipinski definition) is 2. The van der Waals surface area contributed by atoms with Gasteiger partial charge in [0.2, 0.25) is 0 Å². The highest BCUT2D eigenvalue weighted by molar-refractivity contribution is 5.62. The first-order chi connectivity index (χ1) is 7.83. The van der Waals surface area contributed by atoms with E-state index in [9.17, 15) is 0 Å². The number of nitrogens with two attached hydrogens (primary N) is 1. The molecule has 0 spiro atoms. The van der Waals surface area contributed by atoms with E-state index in [0.29, 0.717) is 6.04 Å². The van der Waals surface area contributed by atoms with Crippen LogP contribution in [-0.4, -0.2) is 28.1 Å². The number of benzene rings is 1. The fraction of sp³-hybridized carbons (Fsp3) is 0.273. The predicted molar refractivity (Wildman–Crippen MR) is 61.8 cm³/mol. The molecule has 0 amide bonds. The van der Waals surface area contributed by atoms with Gasteiger partial charge < -0.3 is 11.1 Å². The maximum Gasteiger partial charge on any atom is 0.113 e. The van der Waals surface area contributed by atoms with E-state index in [-0.39, 0.29) is 0 Å². The van der Waals surface area contributed by atoms with Crippen LogP contribution in [0.5, 0.6) is 0 Å². The number of nitrogens with zero attached hydrogens (tertiary/aromatic N) is 3. The molecule has 0 atom stereocenters. The third kappa shape index (κ3) is 1.55. The maximum atomic E-state index is 5.73. The molecule has 3 N–H and O–H groups in total. The number of aromatic nitrogens is 3. The van der Waals surface area contributed by atoms with Crippen molar-refractivity contribution in [1.29, 1.82) is 0 Å². The number of hydrogen-bond acceptors (Lipinski definition) is 4. The molecule has 0 saturated carbocycles. The Labute approximate surface area is 93.3 Å². The molecule has 0 aliphatic carbocycles. The molecular weight excluding hydrogens is 202 g/mol. The molecule has 82 valence electrons. The van der Waals surface area contributed by atoms with E-state index in [1.807, 2.05) is 35.1 Å². The van der Waals surface area contributed by atoms with Gasteiger partial charge in [-0.25, -0.2) is 4.68 Å². The molecule has 1 aromatic heterocycles. The molecule has 0 unspecified atom stereocenters. The Kier molecular flexibility index (Phi) is 2.11. The number of rotatable bonds is 2. The van der Waals surface area contributed by atoms with Crippen LogP contribution in [0.1, 0.15) is 6.04 Å². The van der Waals surface area contributed by atoms with Gasteiger partial charge in [0.05, 0.1) is 12.2 Å². The average Bonchev–Trinajstić information content (AvgIpc) is 2.64. The SMILES string of the molecule is Nc1cccc(-c2cn(C3CNC3)nn2)c1. The van der Waals surface area contributed by atoms with Crippen LogP contribution >= 0.6 is 0 Å². The van der Waals surface area contributed by atoms with E-state index in [4.69, 9.17) is 5.73 Å². The molecule has 1 aromatic carbocycles. The summed E-state index contributed by atoms with van der Waals surface area (Å²) in [7, 11) is 0. The lowest BCUT2D eigenvalue weighted by atomic mass is 10.1. The Morgan fingerprint density at radius 2 is 2.25 bits per heavy atom. The van der Waals surface area contributed by atoms with Crippen molar-refractivity contribution in [2.75, 3.05) is 18.8 Å². The molecule has 0 radical (unpaired) electrons. The second kappa shape index (κ2) is 3.61. The minimum absolute atomic E-state index is 0.447. The van der Waals surface area contributed by atoms with E-state index in [1.165, 1.54) is 0 Å². The summed E-state index contributed by atoms with van der Waals surface area (Å²) in [5.41, 5.74) is 8.37. The van der Waals surface area contributed by atoms with Crippen molar-refractivity contribution in [1.82, 2.24) is 20.3 Å². The van der Waals surface area contributed by atoms with Crippen LogP contribution in [0.4, 0.5) is 5.69 Å². The number of nitrogens with one attached hydrogen (secondary N) is 1. The van der Waals surface area contributed by atoms with Gasteiger partial charge in [0.15, 0.2) is 0 Å². The molecule has 5 heteroatoms. The van der Waals surface area contributed by atoms with Gasteiger partial charge in [0.25, 0.3) is 0 Å². The van der Waals surface area contributed by atoms with Gasteiger partial charge in [-0.05, 0) is 12.1 Å². The van der Waals surface area contributed by atoms with E-state index in [2.05, 4.69) is 15.6 Å². The minimum Gasteiger partial charge on any atom is -0.399 e. The first-order valence-electron chi connectivity index (χ1n) is 5.31. The summed E-state index contributed by atoms with van der Waals surface area (Å²) in [5.74, 6) is 0. The zero-order valence-corrected chi connectivity index (χ0v) is 8.80. The lowest BCUT2D eigenvalue weighted by molar-refractivity contribution is 0.313. The van der Waals surface area contributed by atoms with Crippen molar-refractivity contribution < 1.29 is 0 Å². The monoisotopic (exact) mass is 215 g/mol. The largest absolute Gasteiger partial charge is 0.399 e. The second-order valence-corrected chi connectivity index (χ2v) is 4.02. The minimum atomic E-state index is 0.447. The van der Waals surface area contributed by atoms with Crippen molar-refractivity contribution in [3.8, 4) is 11.3 Å². The Hall–Kier alpha value is -1.88. The number of nitrogen functional groups attached to an aromatic ring is 1. The summed E-state index contributed by atoms with van der Waals surface area (Å²) in [4.78, 5) is 0. The van der Waals surface area contributed by atoms with Gasteiger partial charge in [0, 0.05) is 24.3 Å². The fourth-order valence-corrected chi connectivity index (χ4v) is 1.75. The fourth-order valence-electron chi connectivity index (χ4n) is 1.75. The summed E-state index contributed by atoms with van der Waals surface area (Å²) >= 11 is 0. The smallest absolute Gasteiger partial charge is 0.113 e. The van der Waals surface area contributed by atoms with Crippen LogP contribution in [0, 0.1) is 0 Å². The summed E-state index contributed by atoms with van der Waals surface area (Å²) < 4.78 is 1.91. The van der Waals surface area contributed by atoms with Crippen LogP contribution in [0.2, 0.25) is 0 Å². The summed E-state index contributed by atoms with van der Waals surface area (Å²) in [6.45, 7) is 1.94. The molecule has 1 aliphatic heterocycles. The van der Waals surface area contributed by atoms with Crippen molar-refractivity contribution in [2.24, 2.45) is 0 Å². The van der Waals surface area contributed by atoms with Crippen LogP contribution in [0.25, 0.3) is 11.3 Å². The van der Waals surface area contributed by atoms with E-state index in [0.717, 1.165) is 30.0 Å². The van der Waals surface area contributed by atoms with Crippen LogP contribution in [-0.2, 0) is 0 Å². The van der Waals surface area contributed by atoms with E-state index < -0.39 is 0 Å². The normalized spacial score (nSPS) is 16.0. The zero-order valence-electron chi connectivity index (χ0n) is 8.80. The van der Waals surface area contributed by atoms with Crippen LogP contribution in [0.3, 0.4) is 0 Å². The van der Waals surface area contributed by atoms with Gasteiger partial charge in [-0.1, -0.05) is 17.3 Å². The molecule has 2 aromatic rings.